The molecule has 0 aliphatic carbocycles. The Hall–Kier alpha value is -4.00. The van der Waals surface area contributed by atoms with E-state index in [1.165, 1.54) is 13.2 Å². The van der Waals surface area contributed by atoms with Crippen LogP contribution in [0.4, 0.5) is 20.2 Å². The number of nitrogens with zero attached hydrogens (tertiary/aromatic N) is 1. The van der Waals surface area contributed by atoms with Crippen molar-refractivity contribution in [2.75, 3.05) is 17.3 Å². The lowest BCUT2D eigenvalue weighted by Crippen LogP contribution is -2.32. The van der Waals surface area contributed by atoms with Gasteiger partial charge in [-0.2, -0.15) is 0 Å². The average Bonchev–Trinajstić information content (AvgIpc) is 3.00. The first kappa shape index (κ1) is 21.2. The fourth-order valence-electron chi connectivity index (χ4n) is 3.55. The summed E-state index contributed by atoms with van der Waals surface area (Å²) in [5.74, 6) is -2.90. The quantitative estimate of drug-likeness (QED) is 0.575. The van der Waals surface area contributed by atoms with Crippen LogP contribution in [-0.4, -0.2) is 18.9 Å². The van der Waals surface area contributed by atoms with Gasteiger partial charge < -0.3 is 10.1 Å². The minimum atomic E-state index is -1.07. The van der Waals surface area contributed by atoms with Crippen molar-refractivity contribution in [1.29, 1.82) is 0 Å². The number of benzene rings is 3. The Bertz CT molecular complexity index is 1270. The van der Waals surface area contributed by atoms with Gasteiger partial charge in [-0.25, -0.2) is 13.7 Å². The third kappa shape index (κ3) is 3.73. The molecule has 162 valence electrons. The van der Waals surface area contributed by atoms with E-state index in [2.05, 4.69) is 5.32 Å². The van der Waals surface area contributed by atoms with Gasteiger partial charge in [-0.1, -0.05) is 35.9 Å². The molecular formula is C25H20F2N2O3. The summed E-state index contributed by atoms with van der Waals surface area (Å²) in [7, 11) is 1.45. The lowest BCUT2D eigenvalue weighted by molar-refractivity contribution is -0.120. The van der Waals surface area contributed by atoms with Crippen molar-refractivity contribution in [2.24, 2.45) is 0 Å². The SMILES string of the molecule is COc1ccc(C)cc1N1C(=O)C(Nc2ccc(F)c(F)c2)=C(c2ccc(C)cc2)C1=O. The first-order valence-corrected chi connectivity index (χ1v) is 9.87. The average molecular weight is 434 g/mol. The third-order valence-electron chi connectivity index (χ3n) is 5.19. The fraction of sp³-hybridized carbons (Fsp3) is 0.120. The van der Waals surface area contributed by atoms with Crippen LogP contribution >= 0.6 is 0 Å². The van der Waals surface area contributed by atoms with Crippen LogP contribution < -0.4 is 15.0 Å². The Morgan fingerprint density at radius 3 is 2.16 bits per heavy atom. The van der Waals surface area contributed by atoms with Gasteiger partial charge in [-0.15, -0.1) is 0 Å². The zero-order valence-corrected chi connectivity index (χ0v) is 17.7. The van der Waals surface area contributed by atoms with Crippen molar-refractivity contribution < 1.29 is 23.1 Å². The van der Waals surface area contributed by atoms with Crippen LogP contribution in [-0.2, 0) is 9.59 Å². The van der Waals surface area contributed by atoms with Crippen molar-refractivity contribution in [3.8, 4) is 5.75 Å². The number of hydrogen-bond acceptors (Lipinski definition) is 4. The maximum Gasteiger partial charge on any atom is 0.282 e. The summed E-state index contributed by atoms with van der Waals surface area (Å²) in [6.07, 6.45) is 0. The molecule has 4 rings (SSSR count). The Kier molecular flexibility index (Phi) is 5.48. The number of imide groups is 1. The van der Waals surface area contributed by atoms with E-state index >= 15 is 0 Å². The largest absolute Gasteiger partial charge is 0.495 e. The highest BCUT2D eigenvalue weighted by molar-refractivity contribution is 6.46. The highest BCUT2D eigenvalue weighted by atomic mass is 19.2. The second-order valence-corrected chi connectivity index (χ2v) is 7.49. The number of anilines is 2. The molecule has 2 amide bonds. The number of methoxy groups -OCH3 is 1. The zero-order valence-electron chi connectivity index (χ0n) is 17.7. The number of carbonyl (C=O) groups excluding carboxylic acids is 2. The van der Waals surface area contributed by atoms with Gasteiger partial charge in [-0.05, 0) is 49.2 Å². The molecule has 0 atom stereocenters. The first-order chi connectivity index (χ1) is 15.3. The molecule has 0 bridgehead atoms. The molecule has 1 N–H and O–H groups in total. The van der Waals surface area contributed by atoms with Crippen LogP contribution in [0.1, 0.15) is 16.7 Å². The van der Waals surface area contributed by atoms with E-state index in [1.807, 2.05) is 32.0 Å². The monoisotopic (exact) mass is 434 g/mol. The number of amides is 2. The van der Waals surface area contributed by atoms with Crippen LogP contribution in [0.3, 0.4) is 0 Å². The summed E-state index contributed by atoms with van der Waals surface area (Å²) in [6.45, 7) is 3.74. The van der Waals surface area contributed by atoms with Crippen molar-refractivity contribution >= 4 is 28.8 Å². The van der Waals surface area contributed by atoms with Gasteiger partial charge in [0.1, 0.15) is 11.4 Å². The van der Waals surface area contributed by atoms with Crippen molar-refractivity contribution in [3.05, 3.63) is 94.7 Å². The molecule has 0 fully saturated rings. The van der Waals surface area contributed by atoms with Gasteiger partial charge in [-0.3, -0.25) is 9.59 Å². The molecule has 3 aromatic rings. The van der Waals surface area contributed by atoms with Gasteiger partial charge in [0.2, 0.25) is 0 Å². The van der Waals surface area contributed by atoms with E-state index in [0.717, 1.165) is 28.2 Å². The molecule has 3 aromatic carbocycles. The molecule has 0 saturated heterocycles. The van der Waals surface area contributed by atoms with E-state index in [-0.39, 0.29) is 17.0 Å². The lowest BCUT2D eigenvalue weighted by Gasteiger charge is -2.19. The number of nitrogens with one attached hydrogen (secondary N) is 1. The van der Waals surface area contributed by atoms with Crippen molar-refractivity contribution in [3.63, 3.8) is 0 Å². The van der Waals surface area contributed by atoms with E-state index < -0.39 is 23.4 Å². The predicted molar refractivity (Wildman–Crippen MR) is 118 cm³/mol. The second-order valence-electron chi connectivity index (χ2n) is 7.49. The highest BCUT2D eigenvalue weighted by Crippen LogP contribution is 2.38. The van der Waals surface area contributed by atoms with E-state index in [0.29, 0.717) is 17.0 Å². The molecule has 1 aliphatic heterocycles. The first-order valence-electron chi connectivity index (χ1n) is 9.87. The molecule has 1 heterocycles. The van der Waals surface area contributed by atoms with Crippen LogP contribution in [0, 0.1) is 25.5 Å². The Morgan fingerprint density at radius 2 is 1.50 bits per heavy atom. The van der Waals surface area contributed by atoms with E-state index in [4.69, 9.17) is 4.74 Å². The normalized spacial score (nSPS) is 13.7. The number of hydrogen-bond donors (Lipinski definition) is 1. The summed E-state index contributed by atoms with van der Waals surface area (Å²) < 4.78 is 32.5. The van der Waals surface area contributed by atoms with Crippen LogP contribution in [0.25, 0.3) is 5.57 Å². The second kappa shape index (κ2) is 8.26. The molecule has 1 aliphatic rings. The summed E-state index contributed by atoms with van der Waals surface area (Å²) in [5, 5.41) is 2.82. The summed E-state index contributed by atoms with van der Waals surface area (Å²) in [4.78, 5) is 28.0. The maximum absolute atomic E-state index is 13.8. The van der Waals surface area contributed by atoms with Gasteiger partial charge >= 0.3 is 0 Å². The summed E-state index contributed by atoms with van der Waals surface area (Å²) in [5.41, 5.74) is 2.88. The Labute approximate surface area is 183 Å². The Balaban J connectivity index is 1.86. The van der Waals surface area contributed by atoms with E-state index in [9.17, 15) is 18.4 Å². The van der Waals surface area contributed by atoms with E-state index in [1.54, 1.807) is 24.3 Å². The molecule has 0 aromatic heterocycles. The standard InChI is InChI=1S/C25H20F2N2O3/c1-14-4-7-16(8-5-14)22-23(28-17-9-10-18(26)19(27)13-17)25(31)29(24(22)30)20-12-15(2)6-11-21(20)32-3/h4-13,28H,1-3H3. The minimum absolute atomic E-state index is 0.0339. The smallest absolute Gasteiger partial charge is 0.282 e. The molecular weight excluding hydrogens is 414 g/mol. The third-order valence-corrected chi connectivity index (χ3v) is 5.19. The van der Waals surface area contributed by atoms with Crippen molar-refractivity contribution in [1.82, 2.24) is 0 Å². The van der Waals surface area contributed by atoms with Gasteiger partial charge in [0, 0.05) is 11.8 Å². The van der Waals surface area contributed by atoms with Gasteiger partial charge in [0.15, 0.2) is 11.6 Å². The summed E-state index contributed by atoms with van der Waals surface area (Å²) >= 11 is 0. The lowest BCUT2D eigenvalue weighted by atomic mass is 10.0. The number of aryl methyl sites for hydroxylation is 2. The molecule has 7 heteroatoms. The molecule has 0 unspecified atom stereocenters. The highest BCUT2D eigenvalue weighted by Gasteiger charge is 2.41. The van der Waals surface area contributed by atoms with Crippen LogP contribution in [0.5, 0.6) is 5.75 Å². The number of halogens is 2. The molecule has 0 saturated carbocycles. The topological polar surface area (TPSA) is 58.6 Å². The van der Waals surface area contributed by atoms with Crippen LogP contribution in [0.2, 0.25) is 0 Å². The molecule has 0 radical (unpaired) electrons. The summed E-state index contributed by atoms with van der Waals surface area (Å²) in [6, 6.07) is 15.5. The number of ether oxygens (including phenoxy) is 1. The molecule has 32 heavy (non-hydrogen) atoms. The molecule has 0 spiro atoms. The predicted octanol–water partition coefficient (Wildman–Crippen LogP) is 4.99. The fourth-order valence-corrected chi connectivity index (χ4v) is 3.55. The van der Waals surface area contributed by atoms with Gasteiger partial charge in [0.25, 0.3) is 11.8 Å². The maximum atomic E-state index is 13.8. The minimum Gasteiger partial charge on any atom is -0.495 e. The van der Waals surface area contributed by atoms with Crippen LogP contribution in [0.15, 0.2) is 66.4 Å². The van der Waals surface area contributed by atoms with Crippen molar-refractivity contribution in [2.45, 2.75) is 13.8 Å². The number of carbonyl (C=O) groups is 2. The Morgan fingerprint density at radius 1 is 0.812 bits per heavy atom. The number of rotatable bonds is 5. The zero-order chi connectivity index (χ0) is 23.0. The van der Waals surface area contributed by atoms with Gasteiger partial charge in [0.05, 0.1) is 18.4 Å². The molecule has 5 nitrogen and oxygen atoms in total.